The van der Waals surface area contributed by atoms with Crippen LogP contribution >= 0.6 is 22.7 Å². The normalized spacial score (nSPS) is 20.6. The van der Waals surface area contributed by atoms with Gasteiger partial charge in [0, 0.05) is 31.9 Å². The lowest BCUT2D eigenvalue weighted by molar-refractivity contribution is 0.282. The van der Waals surface area contributed by atoms with E-state index in [0.717, 1.165) is 17.8 Å². The Labute approximate surface area is 132 Å². The van der Waals surface area contributed by atoms with Crippen molar-refractivity contribution in [2.75, 3.05) is 0 Å². The number of nitrogens with two attached hydrogens (primary N) is 1. The molecule has 1 unspecified atom stereocenters. The van der Waals surface area contributed by atoms with Crippen molar-refractivity contribution < 1.29 is 0 Å². The molecule has 0 bridgehead atoms. The maximum atomic E-state index is 6.37. The van der Waals surface area contributed by atoms with Crippen molar-refractivity contribution in [2.24, 2.45) is 11.1 Å². The smallest absolute Gasteiger partial charge is 0.125 e. The van der Waals surface area contributed by atoms with Gasteiger partial charge in [0.2, 0.25) is 0 Å². The third kappa shape index (κ3) is 2.22. The van der Waals surface area contributed by atoms with Gasteiger partial charge >= 0.3 is 0 Å². The number of benzene rings is 1. The molecule has 2 aromatic heterocycles. The molecule has 0 spiro atoms. The Balaban J connectivity index is 1.85. The molecule has 0 saturated carbocycles. The predicted octanol–water partition coefficient (Wildman–Crippen LogP) is 5.00. The van der Waals surface area contributed by atoms with Crippen LogP contribution in [0.15, 0.2) is 29.6 Å². The first-order valence-corrected chi connectivity index (χ1v) is 8.95. The second kappa shape index (κ2) is 4.63. The van der Waals surface area contributed by atoms with E-state index < -0.39 is 0 Å². The predicted molar refractivity (Wildman–Crippen MR) is 92.0 cm³/mol. The third-order valence-corrected chi connectivity index (χ3v) is 6.42. The number of hydrogen-bond acceptors (Lipinski definition) is 4. The van der Waals surface area contributed by atoms with E-state index in [1.807, 2.05) is 0 Å². The van der Waals surface area contributed by atoms with E-state index in [4.69, 9.17) is 10.7 Å². The van der Waals surface area contributed by atoms with Gasteiger partial charge < -0.3 is 5.73 Å². The Morgan fingerprint density at radius 1 is 1.29 bits per heavy atom. The highest BCUT2D eigenvalue weighted by Crippen LogP contribution is 2.45. The fourth-order valence-electron chi connectivity index (χ4n) is 3.25. The van der Waals surface area contributed by atoms with Crippen LogP contribution in [0.1, 0.15) is 36.9 Å². The van der Waals surface area contributed by atoms with Gasteiger partial charge in [-0.2, -0.15) is 0 Å². The van der Waals surface area contributed by atoms with Gasteiger partial charge in [0.05, 0.1) is 5.69 Å². The van der Waals surface area contributed by atoms with Crippen LogP contribution in [0, 0.1) is 5.41 Å². The minimum atomic E-state index is 0.139. The fraction of sp³-hybridized carbons (Fsp3) is 0.353. The molecular formula is C17H18N2S2. The van der Waals surface area contributed by atoms with Crippen molar-refractivity contribution in [2.45, 2.75) is 32.7 Å². The molecular weight excluding hydrogens is 296 g/mol. The summed E-state index contributed by atoms with van der Waals surface area (Å²) in [6.07, 6.45) is 2.08. The van der Waals surface area contributed by atoms with Gasteiger partial charge in [-0.3, -0.25) is 0 Å². The molecule has 1 aliphatic carbocycles. The highest BCUT2D eigenvalue weighted by atomic mass is 32.1. The van der Waals surface area contributed by atoms with Crippen LogP contribution in [0.5, 0.6) is 0 Å². The SMILES string of the molecule is CC1(C)Cc2nc(-c3csc4ccccc34)sc2C(N)C1. The maximum absolute atomic E-state index is 6.37. The number of hydrogen-bond donors (Lipinski definition) is 1. The second-order valence-corrected chi connectivity index (χ2v) is 8.57. The quantitative estimate of drug-likeness (QED) is 0.686. The lowest BCUT2D eigenvalue weighted by atomic mass is 9.77. The van der Waals surface area contributed by atoms with Crippen molar-refractivity contribution in [3.05, 3.63) is 40.2 Å². The summed E-state index contributed by atoms with van der Waals surface area (Å²) in [5, 5.41) is 4.66. The molecule has 1 aromatic carbocycles. The average Bonchev–Trinajstić information content (AvgIpc) is 3.00. The Morgan fingerprint density at radius 3 is 2.95 bits per heavy atom. The van der Waals surface area contributed by atoms with E-state index in [9.17, 15) is 0 Å². The zero-order valence-electron chi connectivity index (χ0n) is 12.2. The van der Waals surface area contributed by atoms with Crippen LogP contribution in [-0.2, 0) is 6.42 Å². The van der Waals surface area contributed by atoms with Gasteiger partial charge in [-0.05, 0) is 24.3 Å². The molecule has 3 aromatic rings. The van der Waals surface area contributed by atoms with Gasteiger partial charge in [0.15, 0.2) is 0 Å². The monoisotopic (exact) mass is 314 g/mol. The number of fused-ring (bicyclic) bond motifs is 2. The number of rotatable bonds is 1. The largest absolute Gasteiger partial charge is 0.323 e. The van der Waals surface area contributed by atoms with Crippen molar-refractivity contribution in [3.63, 3.8) is 0 Å². The summed E-state index contributed by atoms with van der Waals surface area (Å²) in [4.78, 5) is 6.23. The summed E-state index contributed by atoms with van der Waals surface area (Å²) < 4.78 is 1.32. The average molecular weight is 314 g/mol. The molecule has 0 amide bonds. The molecule has 21 heavy (non-hydrogen) atoms. The molecule has 4 rings (SSSR count). The Bertz CT molecular complexity index is 813. The van der Waals surface area contributed by atoms with Crippen molar-refractivity contribution in [1.29, 1.82) is 0 Å². The zero-order chi connectivity index (χ0) is 14.6. The fourth-order valence-corrected chi connectivity index (χ4v) is 5.39. The van der Waals surface area contributed by atoms with Crippen molar-refractivity contribution in [1.82, 2.24) is 4.98 Å². The molecule has 0 aliphatic heterocycles. The number of thiazole rings is 1. The molecule has 4 heteroatoms. The summed E-state index contributed by atoms with van der Waals surface area (Å²) >= 11 is 3.58. The summed E-state index contributed by atoms with van der Waals surface area (Å²) in [6.45, 7) is 4.57. The topological polar surface area (TPSA) is 38.9 Å². The standard InChI is InChI=1S/C17H18N2S2/c1-17(2)7-12(18)15-13(8-17)19-16(21-15)11-9-20-14-6-4-3-5-10(11)14/h3-6,9,12H,7-8,18H2,1-2H3. The summed E-state index contributed by atoms with van der Waals surface area (Å²) in [6, 6.07) is 8.69. The van der Waals surface area contributed by atoms with E-state index in [1.54, 1.807) is 22.7 Å². The van der Waals surface area contributed by atoms with E-state index >= 15 is 0 Å². The van der Waals surface area contributed by atoms with Crippen molar-refractivity contribution >= 4 is 32.8 Å². The number of aromatic nitrogens is 1. The lowest BCUT2D eigenvalue weighted by Gasteiger charge is -2.32. The van der Waals surface area contributed by atoms with E-state index in [1.165, 1.54) is 26.2 Å². The highest BCUT2D eigenvalue weighted by molar-refractivity contribution is 7.19. The molecule has 0 saturated heterocycles. The maximum Gasteiger partial charge on any atom is 0.125 e. The van der Waals surface area contributed by atoms with Gasteiger partial charge in [0.25, 0.3) is 0 Å². The molecule has 2 nitrogen and oxygen atoms in total. The second-order valence-electron chi connectivity index (χ2n) is 6.63. The van der Waals surface area contributed by atoms with Gasteiger partial charge in [-0.15, -0.1) is 22.7 Å². The van der Waals surface area contributed by atoms with Gasteiger partial charge in [-0.1, -0.05) is 32.0 Å². The summed E-state index contributed by atoms with van der Waals surface area (Å²) in [5.41, 5.74) is 9.11. The minimum absolute atomic E-state index is 0.139. The number of nitrogens with zero attached hydrogens (tertiary/aromatic N) is 1. The van der Waals surface area contributed by atoms with Crippen LogP contribution in [0.25, 0.3) is 20.7 Å². The molecule has 2 N–H and O–H groups in total. The number of thiophene rings is 1. The first-order valence-electron chi connectivity index (χ1n) is 7.25. The lowest BCUT2D eigenvalue weighted by Crippen LogP contribution is -2.28. The van der Waals surface area contributed by atoms with E-state index in [-0.39, 0.29) is 11.5 Å². The van der Waals surface area contributed by atoms with E-state index in [2.05, 4.69) is 43.5 Å². The van der Waals surface area contributed by atoms with Crippen LogP contribution < -0.4 is 5.73 Å². The molecule has 1 atom stereocenters. The zero-order valence-corrected chi connectivity index (χ0v) is 13.9. The summed E-state index contributed by atoms with van der Waals surface area (Å²) in [7, 11) is 0. The first-order chi connectivity index (χ1) is 10.0. The van der Waals surface area contributed by atoms with E-state index in [0.29, 0.717) is 0 Å². The van der Waals surface area contributed by atoms with Gasteiger partial charge in [-0.25, -0.2) is 4.98 Å². The molecule has 108 valence electrons. The van der Waals surface area contributed by atoms with Crippen LogP contribution in [0.4, 0.5) is 0 Å². The Kier molecular flexibility index (Phi) is 2.96. The van der Waals surface area contributed by atoms with Gasteiger partial charge in [0.1, 0.15) is 5.01 Å². The van der Waals surface area contributed by atoms with Crippen LogP contribution in [-0.4, -0.2) is 4.98 Å². The third-order valence-electron chi connectivity index (χ3n) is 4.19. The highest BCUT2D eigenvalue weighted by Gasteiger charge is 2.33. The minimum Gasteiger partial charge on any atom is -0.323 e. The van der Waals surface area contributed by atoms with Crippen LogP contribution in [0.3, 0.4) is 0 Å². The Hall–Kier alpha value is -1.23. The molecule has 2 heterocycles. The molecule has 0 radical (unpaired) electrons. The Morgan fingerprint density at radius 2 is 2.10 bits per heavy atom. The van der Waals surface area contributed by atoms with Crippen molar-refractivity contribution in [3.8, 4) is 10.6 Å². The molecule has 1 aliphatic rings. The molecule has 0 fully saturated rings. The van der Waals surface area contributed by atoms with Crippen LogP contribution in [0.2, 0.25) is 0 Å². The first kappa shape index (κ1) is 13.4. The summed E-state index contributed by atoms with van der Waals surface area (Å²) in [5.74, 6) is 0.